The molecule has 0 unspecified atom stereocenters. The fourth-order valence-electron chi connectivity index (χ4n) is 3.37. The fourth-order valence-corrected chi connectivity index (χ4v) is 5.08. The van der Waals surface area contributed by atoms with Crippen LogP contribution in [0.25, 0.3) is 0 Å². The number of β-lactam (4-membered cyclic amide) rings is 1. The zero-order valence-corrected chi connectivity index (χ0v) is 18.5. The van der Waals surface area contributed by atoms with Gasteiger partial charge in [0, 0.05) is 10.3 Å². The number of carbonyl (C=O) groups is 3. The van der Waals surface area contributed by atoms with E-state index in [-0.39, 0.29) is 51.4 Å². The Morgan fingerprint density at radius 3 is 2.36 bits per heavy atom. The second-order valence-electron chi connectivity index (χ2n) is 6.78. The first-order chi connectivity index (χ1) is 11.1. The SMILES string of the molecule is Cc1ccc(C(=O)[C@@H](O)[C@@H]2C(=O)N3[C@@H]2SC(C)(C)[C@@H]3C(=O)[O-])cc1.[K+]. The van der Waals surface area contributed by atoms with Crippen LogP contribution >= 0.6 is 11.8 Å². The molecule has 0 spiro atoms. The number of aliphatic hydroxyl groups is 1. The Bertz CT molecular complexity index is 720. The van der Waals surface area contributed by atoms with Crippen LogP contribution in [0.1, 0.15) is 29.8 Å². The summed E-state index contributed by atoms with van der Waals surface area (Å²) in [5.41, 5.74) is 1.31. The molecule has 25 heavy (non-hydrogen) atoms. The number of Topliss-reactive ketones (excluding diaryl/α,β-unsaturated/α-hetero) is 1. The van der Waals surface area contributed by atoms with E-state index in [1.165, 1.54) is 16.7 Å². The van der Waals surface area contributed by atoms with Gasteiger partial charge < -0.3 is 19.9 Å². The van der Waals surface area contributed by atoms with Gasteiger partial charge in [0.05, 0.1) is 17.4 Å². The molecule has 6 nitrogen and oxygen atoms in total. The van der Waals surface area contributed by atoms with E-state index in [2.05, 4.69) is 0 Å². The molecular weight excluding hydrogens is 369 g/mol. The van der Waals surface area contributed by atoms with Crippen LogP contribution < -0.4 is 56.5 Å². The molecular formula is C17H18KNO5S. The number of amides is 1. The normalized spacial score (nSPS) is 27.8. The number of carboxylic acid groups (broad SMARTS) is 1. The minimum Gasteiger partial charge on any atom is -0.548 e. The standard InChI is InChI=1S/C17H19NO5S.K/c1-8-4-6-9(7-5-8)11(19)12(20)10-14(21)18-13(16(22)23)17(2,3)24-15(10)18;/h4-7,10,12-13,15,20H,1-3H3,(H,22,23);/q;+1/p-1/t10-,12+,13+,15-;/m1./s1. The molecule has 0 saturated carbocycles. The number of carboxylic acids is 1. The molecule has 0 aromatic heterocycles. The summed E-state index contributed by atoms with van der Waals surface area (Å²) in [5.74, 6) is -3.28. The van der Waals surface area contributed by atoms with E-state index < -0.39 is 45.8 Å². The number of rotatable bonds is 4. The number of aliphatic carboxylic acids is 1. The zero-order chi connectivity index (χ0) is 17.8. The van der Waals surface area contributed by atoms with Gasteiger partial charge in [0.25, 0.3) is 0 Å². The molecule has 1 amide bonds. The van der Waals surface area contributed by atoms with Gasteiger partial charge in [0.2, 0.25) is 5.91 Å². The predicted molar refractivity (Wildman–Crippen MR) is 86.1 cm³/mol. The number of hydrogen-bond donors (Lipinski definition) is 1. The maximum Gasteiger partial charge on any atom is 1.00 e. The van der Waals surface area contributed by atoms with E-state index in [4.69, 9.17) is 0 Å². The number of aliphatic hydroxyl groups excluding tert-OH is 1. The topological polar surface area (TPSA) is 97.7 Å². The van der Waals surface area contributed by atoms with Crippen molar-refractivity contribution in [1.82, 2.24) is 4.90 Å². The van der Waals surface area contributed by atoms with Crippen molar-refractivity contribution < 1.29 is 76.0 Å². The molecule has 2 heterocycles. The van der Waals surface area contributed by atoms with E-state index in [1.807, 2.05) is 6.92 Å². The molecule has 1 N–H and O–H groups in total. The first kappa shape index (κ1) is 21.1. The second kappa shape index (κ2) is 7.42. The number of ketones is 1. The number of hydrogen-bond acceptors (Lipinski definition) is 6. The molecule has 2 fully saturated rings. The third-order valence-corrected chi connectivity index (χ3v) is 6.24. The van der Waals surface area contributed by atoms with Crippen LogP contribution in [0.3, 0.4) is 0 Å². The van der Waals surface area contributed by atoms with Crippen molar-refractivity contribution in [3.63, 3.8) is 0 Å². The summed E-state index contributed by atoms with van der Waals surface area (Å²) in [6, 6.07) is 5.68. The van der Waals surface area contributed by atoms with Gasteiger partial charge in [0.1, 0.15) is 12.0 Å². The van der Waals surface area contributed by atoms with Crippen molar-refractivity contribution in [2.24, 2.45) is 5.92 Å². The van der Waals surface area contributed by atoms with E-state index >= 15 is 0 Å². The average Bonchev–Trinajstić information content (AvgIpc) is 2.75. The average molecular weight is 387 g/mol. The Balaban J connectivity index is 0.00000225. The molecule has 3 rings (SSSR count). The molecule has 2 aliphatic rings. The molecule has 128 valence electrons. The summed E-state index contributed by atoms with van der Waals surface area (Å²) in [4.78, 5) is 37.4. The Morgan fingerprint density at radius 1 is 1.28 bits per heavy atom. The Hall–Kier alpha value is -0.224. The van der Waals surface area contributed by atoms with Gasteiger partial charge in [-0.05, 0) is 20.8 Å². The molecule has 2 saturated heterocycles. The summed E-state index contributed by atoms with van der Waals surface area (Å²) in [5, 5.41) is 21.2. The van der Waals surface area contributed by atoms with Crippen molar-refractivity contribution >= 4 is 29.4 Å². The minimum absolute atomic E-state index is 0. The molecule has 1 aromatic carbocycles. The molecule has 8 heteroatoms. The third kappa shape index (κ3) is 3.50. The second-order valence-corrected chi connectivity index (χ2v) is 8.55. The number of thioether (sulfide) groups is 1. The van der Waals surface area contributed by atoms with Crippen LogP contribution in [-0.2, 0) is 9.59 Å². The van der Waals surface area contributed by atoms with Crippen molar-refractivity contribution in [3.8, 4) is 0 Å². The van der Waals surface area contributed by atoms with E-state index in [0.717, 1.165) is 5.56 Å². The number of aryl methyl sites for hydroxylation is 1. The molecule has 2 aliphatic heterocycles. The summed E-state index contributed by atoms with van der Waals surface area (Å²) >= 11 is 1.28. The maximum absolute atomic E-state index is 12.4. The first-order valence-corrected chi connectivity index (χ1v) is 8.53. The summed E-state index contributed by atoms with van der Waals surface area (Å²) < 4.78 is -0.736. The summed E-state index contributed by atoms with van der Waals surface area (Å²) in [6.07, 6.45) is -1.48. The molecule has 0 radical (unpaired) electrons. The smallest absolute Gasteiger partial charge is 0.548 e. The van der Waals surface area contributed by atoms with Gasteiger partial charge in [-0.15, -0.1) is 11.8 Å². The van der Waals surface area contributed by atoms with Crippen LogP contribution in [0, 0.1) is 12.8 Å². The van der Waals surface area contributed by atoms with Crippen LogP contribution in [-0.4, -0.2) is 49.9 Å². The Kier molecular flexibility index (Phi) is 6.26. The quantitative estimate of drug-likeness (QED) is 0.335. The number of nitrogens with zero attached hydrogens (tertiary/aromatic N) is 1. The van der Waals surface area contributed by atoms with Gasteiger partial charge in [-0.1, -0.05) is 29.8 Å². The monoisotopic (exact) mass is 387 g/mol. The van der Waals surface area contributed by atoms with Gasteiger partial charge in [-0.3, -0.25) is 9.59 Å². The molecule has 0 aliphatic carbocycles. The first-order valence-electron chi connectivity index (χ1n) is 7.65. The van der Waals surface area contributed by atoms with Crippen molar-refractivity contribution in [2.45, 2.75) is 43.0 Å². The van der Waals surface area contributed by atoms with Crippen LogP contribution in [0.5, 0.6) is 0 Å². The van der Waals surface area contributed by atoms with Gasteiger partial charge in [0.15, 0.2) is 5.78 Å². The van der Waals surface area contributed by atoms with E-state index in [9.17, 15) is 24.6 Å². The summed E-state index contributed by atoms with van der Waals surface area (Å²) in [7, 11) is 0. The molecule has 0 bridgehead atoms. The van der Waals surface area contributed by atoms with Gasteiger partial charge in [-0.25, -0.2) is 0 Å². The van der Waals surface area contributed by atoms with Crippen molar-refractivity contribution in [2.75, 3.05) is 0 Å². The molecule has 1 aromatic rings. The van der Waals surface area contributed by atoms with E-state index in [0.29, 0.717) is 5.56 Å². The fraction of sp³-hybridized carbons (Fsp3) is 0.471. The van der Waals surface area contributed by atoms with Crippen molar-refractivity contribution in [3.05, 3.63) is 35.4 Å². The number of fused-ring (bicyclic) bond motifs is 1. The minimum atomic E-state index is -1.48. The number of benzene rings is 1. The Morgan fingerprint density at radius 2 is 1.84 bits per heavy atom. The van der Waals surface area contributed by atoms with Gasteiger partial charge in [-0.2, -0.15) is 0 Å². The zero-order valence-electron chi connectivity index (χ0n) is 14.6. The third-order valence-electron chi connectivity index (χ3n) is 4.65. The van der Waals surface area contributed by atoms with E-state index in [1.54, 1.807) is 38.1 Å². The van der Waals surface area contributed by atoms with Gasteiger partial charge >= 0.3 is 51.4 Å². The summed E-state index contributed by atoms with van der Waals surface area (Å²) in [6.45, 7) is 5.32. The molecule has 4 atom stereocenters. The largest absolute Gasteiger partial charge is 1.00 e. The number of carbonyl (C=O) groups excluding carboxylic acids is 3. The van der Waals surface area contributed by atoms with Crippen LogP contribution in [0.4, 0.5) is 0 Å². The van der Waals surface area contributed by atoms with Crippen LogP contribution in [0.2, 0.25) is 0 Å². The predicted octanol–water partition coefficient (Wildman–Crippen LogP) is -3.03. The Labute approximate surface area is 192 Å². The van der Waals surface area contributed by atoms with Crippen molar-refractivity contribution in [1.29, 1.82) is 0 Å². The maximum atomic E-state index is 12.4. The van der Waals surface area contributed by atoms with Crippen LogP contribution in [0.15, 0.2) is 24.3 Å².